The molecule has 3 heterocycles. The number of rotatable bonds is 16. The van der Waals surface area contributed by atoms with E-state index in [1.54, 1.807) is 0 Å². The molecule has 2 aromatic heterocycles. The minimum atomic E-state index is -3.05. The van der Waals surface area contributed by atoms with Gasteiger partial charge in [-0.3, -0.25) is 0 Å². The SMILES string of the molecule is CCCCCCC[n+]1ccc(-c2ccc3c(c2)P(=O)(c2ccc(CNC)cc2)c2c[n+](CCCCCCC)ccc2-3)cc1. The quantitative estimate of drug-likeness (QED) is 0.0744. The van der Waals surface area contributed by atoms with Gasteiger partial charge in [0.25, 0.3) is 0 Å². The first kappa shape index (κ1) is 31.4. The summed E-state index contributed by atoms with van der Waals surface area (Å²) < 4.78 is 20.0. The van der Waals surface area contributed by atoms with Gasteiger partial charge in [-0.05, 0) is 48.2 Å². The van der Waals surface area contributed by atoms with Crippen LogP contribution in [-0.2, 0) is 24.2 Å². The van der Waals surface area contributed by atoms with Crippen molar-refractivity contribution in [2.24, 2.45) is 0 Å². The molecule has 0 fully saturated rings. The van der Waals surface area contributed by atoms with Crippen LogP contribution >= 0.6 is 7.14 Å². The first-order chi connectivity index (χ1) is 21.1. The van der Waals surface area contributed by atoms with Crippen molar-refractivity contribution in [2.45, 2.75) is 97.7 Å². The van der Waals surface area contributed by atoms with Crippen molar-refractivity contribution in [2.75, 3.05) is 7.05 Å². The number of pyridine rings is 2. The van der Waals surface area contributed by atoms with Crippen molar-refractivity contribution < 1.29 is 13.7 Å². The van der Waals surface area contributed by atoms with Crippen LogP contribution < -0.4 is 30.4 Å². The molecule has 0 radical (unpaired) electrons. The van der Waals surface area contributed by atoms with Crippen LogP contribution in [0.5, 0.6) is 0 Å². The van der Waals surface area contributed by atoms with Crippen molar-refractivity contribution in [3.05, 3.63) is 91.0 Å². The van der Waals surface area contributed by atoms with Gasteiger partial charge >= 0.3 is 0 Å². The summed E-state index contributed by atoms with van der Waals surface area (Å²) in [5.74, 6) is 0. The van der Waals surface area contributed by atoms with Crippen LogP contribution in [-0.4, -0.2) is 7.05 Å². The minimum Gasteiger partial charge on any atom is -0.316 e. The second kappa shape index (κ2) is 15.1. The number of aryl methyl sites for hydroxylation is 2. The van der Waals surface area contributed by atoms with Crippen LogP contribution in [0.2, 0.25) is 0 Å². The lowest BCUT2D eigenvalue weighted by molar-refractivity contribution is -0.697. The van der Waals surface area contributed by atoms with Crippen LogP contribution in [0.4, 0.5) is 0 Å². The summed E-state index contributed by atoms with van der Waals surface area (Å²) in [7, 11) is -1.09. The third-order valence-electron chi connectivity index (χ3n) is 8.91. The van der Waals surface area contributed by atoms with E-state index in [0.29, 0.717) is 0 Å². The van der Waals surface area contributed by atoms with Crippen LogP contribution in [0.15, 0.2) is 85.5 Å². The van der Waals surface area contributed by atoms with E-state index in [9.17, 15) is 0 Å². The Labute approximate surface area is 259 Å². The van der Waals surface area contributed by atoms with E-state index in [1.165, 1.54) is 68.9 Å². The summed E-state index contributed by atoms with van der Waals surface area (Å²) >= 11 is 0. The molecule has 5 heteroatoms. The minimum absolute atomic E-state index is 0.798. The first-order valence-electron chi connectivity index (χ1n) is 16.6. The highest BCUT2D eigenvalue weighted by Gasteiger charge is 2.42. The van der Waals surface area contributed by atoms with E-state index in [1.807, 2.05) is 7.05 Å². The zero-order valence-electron chi connectivity index (χ0n) is 26.5. The van der Waals surface area contributed by atoms with Gasteiger partial charge in [-0.2, -0.15) is 0 Å². The van der Waals surface area contributed by atoms with Crippen LogP contribution in [0.1, 0.15) is 83.6 Å². The largest absolute Gasteiger partial charge is 0.316 e. The Balaban J connectivity index is 1.46. The molecule has 4 aromatic rings. The summed E-state index contributed by atoms with van der Waals surface area (Å²) in [6, 6.07) is 21.6. The van der Waals surface area contributed by atoms with E-state index in [4.69, 9.17) is 0 Å². The lowest BCUT2D eigenvalue weighted by Crippen LogP contribution is -2.37. The Kier molecular flexibility index (Phi) is 11.0. The van der Waals surface area contributed by atoms with Crippen molar-refractivity contribution in [3.63, 3.8) is 0 Å². The van der Waals surface area contributed by atoms with Crippen LogP contribution in [0.25, 0.3) is 22.3 Å². The summed E-state index contributed by atoms with van der Waals surface area (Å²) in [6.07, 6.45) is 21.4. The van der Waals surface area contributed by atoms with Crippen molar-refractivity contribution >= 4 is 23.1 Å². The van der Waals surface area contributed by atoms with Gasteiger partial charge in [-0.15, -0.1) is 0 Å². The van der Waals surface area contributed by atoms with E-state index in [0.717, 1.165) is 58.7 Å². The maximum atomic E-state index is 15.5. The monoisotopic (exact) mass is 595 g/mol. The number of nitrogens with one attached hydrogen (secondary N) is 1. The third kappa shape index (κ3) is 7.19. The molecule has 0 aliphatic carbocycles. The second-order valence-corrected chi connectivity index (χ2v) is 14.9. The zero-order valence-corrected chi connectivity index (χ0v) is 27.4. The summed E-state index contributed by atoms with van der Waals surface area (Å²) in [6.45, 7) is 7.33. The maximum absolute atomic E-state index is 15.5. The number of benzene rings is 2. The lowest BCUT2D eigenvalue weighted by Gasteiger charge is -2.16. The molecule has 1 aliphatic heterocycles. The Bertz CT molecular complexity index is 1530. The Hall–Kier alpha value is -3.07. The van der Waals surface area contributed by atoms with Gasteiger partial charge in [-0.25, -0.2) is 9.13 Å². The summed E-state index contributed by atoms with van der Waals surface area (Å²) in [5.41, 5.74) is 5.70. The van der Waals surface area contributed by atoms with Crippen molar-refractivity contribution in [3.8, 4) is 22.3 Å². The molecule has 43 heavy (non-hydrogen) atoms. The van der Waals surface area contributed by atoms with E-state index in [2.05, 4.69) is 114 Å². The van der Waals surface area contributed by atoms with Crippen molar-refractivity contribution in [1.29, 1.82) is 0 Å². The lowest BCUT2D eigenvalue weighted by atomic mass is 10.0. The molecule has 4 nitrogen and oxygen atoms in total. The predicted octanol–water partition coefficient (Wildman–Crippen LogP) is 7.21. The second-order valence-electron chi connectivity index (χ2n) is 12.2. The van der Waals surface area contributed by atoms with Crippen LogP contribution in [0.3, 0.4) is 0 Å². The molecule has 0 saturated heterocycles. The molecule has 1 unspecified atom stereocenters. The van der Waals surface area contributed by atoms with Gasteiger partial charge in [0, 0.05) is 53.8 Å². The highest BCUT2D eigenvalue weighted by atomic mass is 31.2. The molecular weight excluding hydrogens is 545 g/mol. The average molecular weight is 596 g/mol. The van der Waals surface area contributed by atoms with Gasteiger partial charge in [0.15, 0.2) is 31.9 Å². The normalized spacial score (nSPS) is 15.4. The molecule has 2 aromatic carbocycles. The Morgan fingerprint density at radius 1 is 0.628 bits per heavy atom. The molecule has 5 rings (SSSR count). The molecular formula is C38H50N3OP+2. The average Bonchev–Trinajstić information content (AvgIpc) is 3.29. The first-order valence-corrected chi connectivity index (χ1v) is 18.3. The maximum Gasteiger partial charge on any atom is 0.180 e. The number of hydrogen-bond acceptors (Lipinski definition) is 2. The number of fused-ring (bicyclic) bond motifs is 3. The molecule has 0 bridgehead atoms. The third-order valence-corrected chi connectivity index (χ3v) is 12.0. The summed E-state index contributed by atoms with van der Waals surface area (Å²) in [5, 5.41) is 6.09. The van der Waals surface area contributed by atoms with E-state index < -0.39 is 7.14 Å². The van der Waals surface area contributed by atoms with Gasteiger partial charge in [0.05, 0.1) is 5.30 Å². The molecule has 1 atom stereocenters. The predicted molar refractivity (Wildman–Crippen MR) is 181 cm³/mol. The van der Waals surface area contributed by atoms with Gasteiger partial charge in [0.1, 0.15) is 13.1 Å². The highest BCUT2D eigenvalue weighted by molar-refractivity contribution is 7.86. The van der Waals surface area contributed by atoms with Gasteiger partial charge < -0.3 is 9.88 Å². The van der Waals surface area contributed by atoms with Crippen molar-refractivity contribution in [1.82, 2.24) is 5.32 Å². The smallest absolute Gasteiger partial charge is 0.180 e. The van der Waals surface area contributed by atoms with E-state index >= 15 is 4.57 Å². The molecule has 0 spiro atoms. The topological polar surface area (TPSA) is 36.9 Å². The molecule has 0 saturated carbocycles. The molecule has 1 aliphatic rings. The number of aromatic nitrogens is 2. The Morgan fingerprint density at radius 3 is 1.88 bits per heavy atom. The molecule has 226 valence electrons. The fraction of sp³-hybridized carbons (Fsp3) is 0.421. The number of hydrogen-bond donors (Lipinski definition) is 1. The fourth-order valence-corrected chi connectivity index (χ4v) is 9.46. The van der Waals surface area contributed by atoms with E-state index in [-0.39, 0.29) is 0 Å². The van der Waals surface area contributed by atoms with Crippen LogP contribution in [0, 0.1) is 0 Å². The molecule has 1 N–H and O–H groups in total. The zero-order chi connectivity index (χ0) is 30.1. The number of unbranched alkanes of at least 4 members (excludes halogenated alkanes) is 8. The fourth-order valence-electron chi connectivity index (χ4n) is 6.37. The molecule has 0 amide bonds. The standard InChI is InChI=1S/C38H50N3OP/c1-4-6-8-10-12-23-40-25-20-32(21-26-40)33-16-19-35-36-22-27-41(24-13-11-9-7-5-2)30-38(36)43(42,37(35)28-33)34-17-14-31(15-18-34)29-39-3/h14-22,25-28,30,39H,4-13,23-24,29H2,1-3H3/q+2. The van der Waals surface area contributed by atoms with Gasteiger partial charge in [0.2, 0.25) is 0 Å². The van der Waals surface area contributed by atoms with Gasteiger partial charge in [-0.1, -0.05) is 88.8 Å². The summed E-state index contributed by atoms with van der Waals surface area (Å²) in [4.78, 5) is 0. The Morgan fingerprint density at radius 2 is 1.23 bits per heavy atom. The number of nitrogens with zero attached hydrogens (tertiary/aromatic N) is 2. The highest BCUT2D eigenvalue weighted by Crippen LogP contribution is 2.52.